The zero-order valence-corrected chi connectivity index (χ0v) is 10.7. The van der Waals surface area contributed by atoms with Crippen LogP contribution in [0.3, 0.4) is 0 Å². The first-order chi connectivity index (χ1) is 7.64. The molecule has 10 heteroatoms. The van der Waals surface area contributed by atoms with Crippen LogP contribution in [-0.4, -0.2) is 52.1 Å². The molecular formula is C7H14F3NO5P+. The third-order valence-corrected chi connectivity index (χ3v) is 1.62. The van der Waals surface area contributed by atoms with Crippen LogP contribution in [0, 0.1) is 0 Å². The van der Waals surface area contributed by atoms with Crippen LogP contribution in [0.2, 0.25) is 0 Å². The van der Waals surface area contributed by atoms with Gasteiger partial charge in [-0.1, -0.05) is 0 Å². The van der Waals surface area contributed by atoms with Crippen molar-refractivity contribution >= 4 is 14.3 Å². The molecule has 0 aromatic rings. The molecule has 0 aliphatic heterocycles. The molecule has 17 heavy (non-hydrogen) atoms. The van der Waals surface area contributed by atoms with Crippen LogP contribution >= 0.6 is 8.25 Å². The summed E-state index contributed by atoms with van der Waals surface area (Å²) in [5.41, 5.74) is 0. The second-order valence-corrected chi connectivity index (χ2v) is 3.83. The Hall–Kier alpha value is -0.920. The van der Waals surface area contributed by atoms with Crippen LogP contribution in [-0.2, 0) is 18.3 Å². The first-order valence-electron chi connectivity index (χ1n) is 4.10. The molecule has 0 N–H and O–H groups in total. The minimum Gasteiger partial charge on any atom is -0.440 e. The van der Waals surface area contributed by atoms with Gasteiger partial charge in [0.2, 0.25) is 0 Å². The topological polar surface area (TPSA) is 65.1 Å². The molecule has 0 radical (unpaired) electrons. The highest BCUT2D eigenvalue weighted by atomic mass is 31.1. The number of halogens is 3. The Labute approximate surface area is 97.6 Å². The molecule has 0 bridgehead atoms. The molecule has 0 spiro atoms. The van der Waals surface area contributed by atoms with Crippen LogP contribution < -0.4 is 0 Å². The van der Waals surface area contributed by atoms with Crippen LogP contribution in [0.4, 0.5) is 18.0 Å². The van der Waals surface area contributed by atoms with Crippen LogP contribution in [0.25, 0.3) is 0 Å². The van der Waals surface area contributed by atoms with Gasteiger partial charge in [0, 0.05) is 18.7 Å². The van der Waals surface area contributed by atoms with Gasteiger partial charge in [0.25, 0.3) is 0 Å². The van der Waals surface area contributed by atoms with Crippen molar-refractivity contribution in [2.24, 2.45) is 0 Å². The molecule has 6 nitrogen and oxygen atoms in total. The van der Waals surface area contributed by atoms with Gasteiger partial charge in [-0.3, -0.25) is 0 Å². The van der Waals surface area contributed by atoms with Crippen molar-refractivity contribution in [2.75, 3.05) is 34.9 Å². The van der Waals surface area contributed by atoms with Gasteiger partial charge in [-0.15, -0.1) is 9.05 Å². The summed E-state index contributed by atoms with van der Waals surface area (Å²) < 4.78 is 56.2. The fourth-order valence-electron chi connectivity index (χ4n) is 0.347. The van der Waals surface area contributed by atoms with Crippen molar-refractivity contribution in [2.45, 2.75) is 6.18 Å². The van der Waals surface area contributed by atoms with E-state index in [0.29, 0.717) is 0 Å². The molecule has 0 aromatic heterocycles. The maximum absolute atomic E-state index is 11.4. The highest BCUT2D eigenvalue weighted by Gasteiger charge is 2.29. The van der Waals surface area contributed by atoms with Gasteiger partial charge >= 0.3 is 20.5 Å². The molecule has 0 unspecified atom stereocenters. The van der Waals surface area contributed by atoms with Crippen molar-refractivity contribution in [1.82, 2.24) is 4.90 Å². The SMILES string of the molecule is CN(C)C(=O)OCC(F)(F)F.CO[P+](=O)OC. The standard InChI is InChI=1S/C5H8F3NO2.C2H6O3P/c1-9(2)4(10)11-3-5(6,7)8;1-4-6(3)5-2/h3H2,1-2H3;1-2H3/q;+1. The van der Waals surface area contributed by atoms with Gasteiger partial charge in [-0.05, 0) is 0 Å². The number of carbonyl (C=O) groups excluding carboxylic acids is 1. The lowest BCUT2D eigenvalue weighted by Gasteiger charge is -2.11. The predicted molar refractivity (Wildman–Crippen MR) is 52.7 cm³/mol. The Balaban J connectivity index is 0. The second kappa shape index (κ2) is 9.15. The number of carbonyl (C=O) groups is 1. The summed E-state index contributed by atoms with van der Waals surface area (Å²) in [5, 5.41) is 0. The zero-order valence-electron chi connectivity index (χ0n) is 9.78. The molecule has 0 rings (SSSR count). The highest BCUT2D eigenvalue weighted by molar-refractivity contribution is 7.33. The predicted octanol–water partition coefficient (Wildman–Crippen LogP) is 2.18. The van der Waals surface area contributed by atoms with Crippen molar-refractivity contribution in [3.63, 3.8) is 0 Å². The van der Waals surface area contributed by atoms with E-state index in [1.54, 1.807) is 0 Å². The summed E-state index contributed by atoms with van der Waals surface area (Å²) in [4.78, 5) is 11.3. The molecule has 0 aromatic carbocycles. The summed E-state index contributed by atoms with van der Waals surface area (Å²) in [6.45, 7) is -1.54. The molecule has 0 saturated carbocycles. The van der Waals surface area contributed by atoms with E-state index >= 15 is 0 Å². The first kappa shape index (κ1) is 18.4. The maximum Gasteiger partial charge on any atom is 0.696 e. The zero-order chi connectivity index (χ0) is 14.1. The fraction of sp³-hybridized carbons (Fsp3) is 0.857. The van der Waals surface area contributed by atoms with E-state index in [4.69, 9.17) is 0 Å². The summed E-state index contributed by atoms with van der Waals surface area (Å²) >= 11 is 0. The van der Waals surface area contributed by atoms with E-state index in [9.17, 15) is 22.5 Å². The Morgan fingerprint density at radius 2 is 1.65 bits per heavy atom. The maximum atomic E-state index is 11.4. The number of hydrogen-bond donors (Lipinski definition) is 0. The largest absolute Gasteiger partial charge is 0.696 e. The second-order valence-electron chi connectivity index (χ2n) is 2.65. The van der Waals surface area contributed by atoms with Crippen LogP contribution in [0.5, 0.6) is 0 Å². The number of nitrogens with zero attached hydrogens (tertiary/aromatic N) is 1. The fourth-order valence-corrected chi connectivity index (χ4v) is 0.496. The molecule has 0 aliphatic rings. The molecule has 0 saturated heterocycles. The Morgan fingerprint density at radius 1 is 1.24 bits per heavy atom. The molecule has 0 aliphatic carbocycles. The number of rotatable bonds is 3. The average molecular weight is 280 g/mol. The van der Waals surface area contributed by atoms with Gasteiger partial charge in [-0.2, -0.15) is 13.2 Å². The van der Waals surface area contributed by atoms with Gasteiger partial charge in [0.15, 0.2) is 6.61 Å². The molecule has 1 amide bonds. The number of ether oxygens (including phenoxy) is 1. The third-order valence-electron chi connectivity index (χ3n) is 1.02. The van der Waals surface area contributed by atoms with Crippen molar-refractivity contribution in [3.05, 3.63) is 0 Å². The lowest BCUT2D eigenvalue weighted by molar-refractivity contribution is -0.161. The summed E-state index contributed by atoms with van der Waals surface area (Å²) in [7, 11) is 3.43. The van der Waals surface area contributed by atoms with Gasteiger partial charge < -0.3 is 9.64 Å². The van der Waals surface area contributed by atoms with Crippen molar-refractivity contribution in [1.29, 1.82) is 0 Å². The minimum atomic E-state index is -4.45. The molecular weight excluding hydrogens is 266 g/mol. The summed E-state index contributed by atoms with van der Waals surface area (Å²) in [6.07, 6.45) is -5.45. The van der Waals surface area contributed by atoms with E-state index in [1.165, 1.54) is 28.3 Å². The highest BCUT2D eigenvalue weighted by Crippen LogP contribution is 2.18. The van der Waals surface area contributed by atoms with Gasteiger partial charge in [0.1, 0.15) is 0 Å². The Bertz CT molecular complexity index is 240. The molecule has 0 fully saturated rings. The van der Waals surface area contributed by atoms with Crippen molar-refractivity contribution < 1.29 is 36.3 Å². The number of amides is 1. The molecule has 0 heterocycles. The van der Waals surface area contributed by atoms with Crippen LogP contribution in [0.1, 0.15) is 0 Å². The van der Waals surface area contributed by atoms with E-state index in [1.807, 2.05) is 0 Å². The van der Waals surface area contributed by atoms with Crippen LogP contribution in [0.15, 0.2) is 0 Å². The smallest absolute Gasteiger partial charge is 0.440 e. The van der Waals surface area contributed by atoms with E-state index < -0.39 is 27.1 Å². The number of hydrogen-bond acceptors (Lipinski definition) is 5. The van der Waals surface area contributed by atoms with E-state index in [2.05, 4.69) is 13.8 Å². The first-order valence-corrected chi connectivity index (χ1v) is 5.20. The molecule has 0 atom stereocenters. The normalized spacial score (nSPS) is 10.1. The Kier molecular flexibility index (Phi) is 9.92. The Morgan fingerprint density at radius 3 is 1.82 bits per heavy atom. The lowest BCUT2D eigenvalue weighted by atomic mass is 10.7. The molecule has 102 valence electrons. The van der Waals surface area contributed by atoms with Crippen molar-refractivity contribution in [3.8, 4) is 0 Å². The number of alkyl halides is 3. The van der Waals surface area contributed by atoms with E-state index in [0.717, 1.165) is 4.90 Å². The average Bonchev–Trinajstić information content (AvgIpc) is 2.24. The lowest BCUT2D eigenvalue weighted by Crippen LogP contribution is -2.27. The summed E-state index contributed by atoms with van der Waals surface area (Å²) in [5.74, 6) is 0. The summed E-state index contributed by atoms with van der Waals surface area (Å²) in [6, 6.07) is 0. The third kappa shape index (κ3) is 15.1. The van der Waals surface area contributed by atoms with Gasteiger partial charge in [-0.25, -0.2) is 4.79 Å². The minimum absolute atomic E-state index is 0.922. The quantitative estimate of drug-likeness (QED) is 0.741. The van der Waals surface area contributed by atoms with Gasteiger partial charge in [0.05, 0.1) is 14.2 Å². The van der Waals surface area contributed by atoms with E-state index in [-0.39, 0.29) is 0 Å². The monoisotopic (exact) mass is 280 g/mol.